The van der Waals surface area contributed by atoms with Crippen molar-refractivity contribution in [2.24, 2.45) is 17.6 Å². The normalized spacial score (nSPS) is 14.2. The van der Waals surface area contributed by atoms with Crippen LogP contribution in [-0.2, 0) is 30.4 Å². The third-order valence-corrected chi connectivity index (χ3v) is 7.86. The van der Waals surface area contributed by atoms with Gasteiger partial charge in [0.05, 0.1) is 12.1 Å². The number of amides is 4. The summed E-state index contributed by atoms with van der Waals surface area (Å²) in [5.74, 6) is -4.16. The van der Waals surface area contributed by atoms with Crippen LogP contribution in [-0.4, -0.2) is 80.3 Å². The second-order valence-corrected chi connectivity index (χ2v) is 13.1. The Kier molecular flexibility index (Phi) is 14.8. The van der Waals surface area contributed by atoms with E-state index in [0.29, 0.717) is 11.3 Å². The molecule has 4 amide bonds. The number of carbonyl (C=O) groups is 5. The van der Waals surface area contributed by atoms with E-state index in [0.717, 1.165) is 5.56 Å². The summed E-state index contributed by atoms with van der Waals surface area (Å²) < 4.78 is 5.34. The molecule has 0 saturated carbocycles. The first-order valence-electron chi connectivity index (χ1n) is 16.2. The van der Waals surface area contributed by atoms with E-state index in [1.165, 1.54) is 0 Å². The monoisotopic (exact) mass is 711 g/mol. The van der Waals surface area contributed by atoms with E-state index in [2.05, 4.69) is 31.5 Å². The molecule has 0 aliphatic heterocycles. The van der Waals surface area contributed by atoms with Crippen molar-refractivity contribution in [2.75, 3.05) is 5.32 Å². The number of aliphatic hydroxyl groups excluding tert-OH is 1. The first-order chi connectivity index (χ1) is 23.6. The van der Waals surface area contributed by atoms with Gasteiger partial charge in [0.15, 0.2) is 6.10 Å². The first-order valence-corrected chi connectivity index (χ1v) is 16.6. The quantitative estimate of drug-likeness (QED) is 0.0890. The molecule has 50 heavy (non-hydrogen) atoms. The van der Waals surface area contributed by atoms with Gasteiger partial charge < -0.3 is 41.6 Å². The molecule has 270 valence electrons. The van der Waals surface area contributed by atoms with Gasteiger partial charge in [-0.05, 0) is 67.1 Å². The summed E-state index contributed by atoms with van der Waals surface area (Å²) in [5.41, 5.74) is 7.42. The number of carboxylic acids is 1. The Labute approximate surface area is 294 Å². The molecule has 0 bridgehead atoms. The number of hydrogen-bond donors (Lipinski definition) is 8. The van der Waals surface area contributed by atoms with Crippen LogP contribution < -0.4 is 27.0 Å². The highest BCUT2D eigenvalue weighted by Gasteiger charge is 2.34. The maximum atomic E-state index is 13.8. The maximum absolute atomic E-state index is 13.8. The highest BCUT2D eigenvalue weighted by atomic mass is 32.1. The molecule has 2 aromatic carbocycles. The molecule has 0 radical (unpaired) electrons. The molecular weight excluding hydrogens is 666 g/mol. The predicted octanol–water partition coefficient (Wildman–Crippen LogP) is 2.29. The van der Waals surface area contributed by atoms with Gasteiger partial charge in [0.1, 0.15) is 12.1 Å². The fourth-order valence-electron chi connectivity index (χ4n) is 5.04. The summed E-state index contributed by atoms with van der Waals surface area (Å²) in [4.78, 5) is 64.4. The van der Waals surface area contributed by atoms with Crippen LogP contribution in [0.25, 0.3) is 11.5 Å². The number of aromatic amines is 1. The number of aliphatic carboxylic acids is 1. The molecule has 0 fully saturated rings. The SMILES string of the molecule is CC(C)C[C@H](NC(=O)[C@@H](NC(=O)[C@@H](N)CCC(=O)O)C(C)C)C(=O)N[C@@H](Cc1ccccc1)[C@@H](O)C(=O)Nc1cccc(-c2n[nH]c(=S)o2)c1. The molecular formula is C34H45N7O8S. The first kappa shape index (κ1) is 39.5. The summed E-state index contributed by atoms with van der Waals surface area (Å²) >= 11 is 4.93. The summed E-state index contributed by atoms with van der Waals surface area (Å²) in [7, 11) is 0. The van der Waals surface area contributed by atoms with Crippen LogP contribution in [0.2, 0.25) is 0 Å². The summed E-state index contributed by atoms with van der Waals surface area (Å²) in [6.07, 6.45) is -1.88. The molecule has 0 saturated heterocycles. The third kappa shape index (κ3) is 12.2. The van der Waals surface area contributed by atoms with Crippen LogP contribution in [0.5, 0.6) is 0 Å². The van der Waals surface area contributed by atoms with Gasteiger partial charge in [-0.3, -0.25) is 24.0 Å². The van der Waals surface area contributed by atoms with E-state index >= 15 is 0 Å². The number of aromatic nitrogens is 2. The molecule has 0 aliphatic rings. The van der Waals surface area contributed by atoms with Crippen molar-refractivity contribution in [2.45, 2.75) is 83.6 Å². The molecule has 9 N–H and O–H groups in total. The van der Waals surface area contributed by atoms with Gasteiger partial charge in [-0.25, -0.2) is 5.10 Å². The van der Waals surface area contributed by atoms with Gasteiger partial charge >= 0.3 is 5.97 Å². The lowest BCUT2D eigenvalue weighted by molar-refractivity contribution is -0.137. The second kappa shape index (κ2) is 18.7. The largest absolute Gasteiger partial charge is 0.481 e. The Hall–Kier alpha value is -4.93. The Bertz CT molecular complexity index is 1680. The predicted molar refractivity (Wildman–Crippen MR) is 187 cm³/mol. The van der Waals surface area contributed by atoms with E-state index in [9.17, 15) is 29.1 Å². The topological polar surface area (TPSA) is 242 Å². The summed E-state index contributed by atoms with van der Waals surface area (Å²) in [6, 6.07) is 11.1. The molecule has 3 aromatic rings. The van der Waals surface area contributed by atoms with E-state index in [-0.39, 0.29) is 42.3 Å². The Balaban J connectivity index is 1.79. The molecule has 0 unspecified atom stereocenters. The lowest BCUT2D eigenvalue weighted by atomic mass is 9.97. The highest BCUT2D eigenvalue weighted by Crippen LogP contribution is 2.21. The van der Waals surface area contributed by atoms with Crippen LogP contribution in [0.15, 0.2) is 59.0 Å². The van der Waals surface area contributed by atoms with Crippen molar-refractivity contribution in [3.63, 3.8) is 0 Å². The van der Waals surface area contributed by atoms with Crippen molar-refractivity contribution >= 4 is 47.5 Å². The van der Waals surface area contributed by atoms with Crippen LogP contribution in [0.1, 0.15) is 52.5 Å². The zero-order valence-corrected chi connectivity index (χ0v) is 29.2. The number of aliphatic hydroxyl groups is 1. The Morgan fingerprint density at radius 1 is 0.920 bits per heavy atom. The van der Waals surface area contributed by atoms with Crippen molar-refractivity contribution in [1.29, 1.82) is 0 Å². The minimum atomic E-state index is -1.72. The smallest absolute Gasteiger partial charge is 0.303 e. The summed E-state index contributed by atoms with van der Waals surface area (Å²) in [6.45, 7) is 7.12. The average Bonchev–Trinajstić information content (AvgIpc) is 3.51. The number of hydrogen-bond acceptors (Lipinski definition) is 10. The molecule has 16 heteroatoms. The molecule has 0 aliphatic carbocycles. The second-order valence-electron chi connectivity index (χ2n) is 12.7. The Morgan fingerprint density at radius 2 is 1.62 bits per heavy atom. The van der Waals surface area contributed by atoms with Gasteiger partial charge in [-0.1, -0.05) is 64.1 Å². The Morgan fingerprint density at radius 3 is 2.22 bits per heavy atom. The molecule has 1 aromatic heterocycles. The van der Waals surface area contributed by atoms with Crippen LogP contribution in [0.3, 0.4) is 0 Å². The van der Waals surface area contributed by atoms with Gasteiger partial charge in [-0.15, -0.1) is 5.10 Å². The van der Waals surface area contributed by atoms with E-state index < -0.39 is 65.8 Å². The minimum Gasteiger partial charge on any atom is -0.481 e. The van der Waals surface area contributed by atoms with E-state index in [4.69, 9.17) is 27.5 Å². The van der Waals surface area contributed by atoms with E-state index in [1.54, 1.807) is 62.4 Å². The average molecular weight is 712 g/mol. The van der Waals surface area contributed by atoms with Gasteiger partial charge in [-0.2, -0.15) is 0 Å². The molecule has 0 spiro atoms. The molecule has 15 nitrogen and oxygen atoms in total. The number of nitrogens with two attached hydrogens (primary N) is 1. The number of H-pyrrole nitrogens is 1. The standard InChI is InChI=1S/C34H45N7O8S/c1-18(2)15-25(38-31(47)27(19(3)4)39-29(45)23(35)13-14-26(42)43)30(46)37-24(16-20-9-6-5-7-10-20)28(44)32(48)36-22-12-8-11-21(17-22)33-40-41-34(50)49-33/h5-12,17-19,23-25,27-28,44H,13-16,35H2,1-4H3,(H,36,48)(H,37,46)(H,38,47)(H,39,45)(H,41,50)(H,42,43)/t23-,24-,25-,27-,28+/m0/s1. The van der Waals surface area contributed by atoms with Crippen molar-refractivity contribution in [3.8, 4) is 11.5 Å². The van der Waals surface area contributed by atoms with Crippen molar-refractivity contribution in [1.82, 2.24) is 26.1 Å². The summed E-state index contributed by atoms with van der Waals surface area (Å²) in [5, 5.41) is 37.5. The fourth-order valence-corrected chi connectivity index (χ4v) is 5.17. The number of nitrogens with one attached hydrogen (secondary N) is 5. The number of nitrogens with zero attached hydrogens (tertiary/aromatic N) is 1. The van der Waals surface area contributed by atoms with Crippen LogP contribution >= 0.6 is 12.2 Å². The number of anilines is 1. The lowest BCUT2D eigenvalue weighted by Gasteiger charge is -2.29. The number of benzene rings is 2. The van der Waals surface area contributed by atoms with E-state index in [1.807, 2.05) is 19.9 Å². The minimum absolute atomic E-state index is 0.0614. The number of carbonyl (C=O) groups excluding carboxylic acids is 4. The zero-order valence-electron chi connectivity index (χ0n) is 28.3. The lowest BCUT2D eigenvalue weighted by Crippen LogP contribution is -2.59. The fraction of sp³-hybridized carbons (Fsp3) is 0.441. The molecule has 5 atom stereocenters. The van der Waals surface area contributed by atoms with Crippen molar-refractivity contribution < 1.29 is 38.6 Å². The molecule has 1 heterocycles. The number of carboxylic acid groups (broad SMARTS) is 1. The highest BCUT2D eigenvalue weighted by molar-refractivity contribution is 7.71. The van der Waals surface area contributed by atoms with Gasteiger partial charge in [0.25, 0.3) is 10.7 Å². The maximum Gasteiger partial charge on any atom is 0.303 e. The van der Waals surface area contributed by atoms with Gasteiger partial charge in [0.2, 0.25) is 23.6 Å². The third-order valence-electron chi connectivity index (χ3n) is 7.68. The van der Waals surface area contributed by atoms with Crippen molar-refractivity contribution in [3.05, 3.63) is 65.0 Å². The van der Waals surface area contributed by atoms with Crippen LogP contribution in [0, 0.1) is 16.7 Å². The zero-order chi connectivity index (χ0) is 37.0. The van der Waals surface area contributed by atoms with Crippen LogP contribution in [0.4, 0.5) is 5.69 Å². The number of rotatable bonds is 18. The molecule has 3 rings (SSSR count). The van der Waals surface area contributed by atoms with Gasteiger partial charge in [0, 0.05) is 17.7 Å².